The number of hydrogen-bond donors (Lipinski definition) is 1. The molecule has 0 aliphatic heterocycles. The lowest BCUT2D eigenvalue weighted by Crippen LogP contribution is -2.26. The van der Waals surface area contributed by atoms with Crippen molar-refractivity contribution >= 4 is 11.6 Å². The Morgan fingerprint density at radius 3 is 2.48 bits per heavy atom. The fourth-order valence-electron chi connectivity index (χ4n) is 2.96. The van der Waals surface area contributed by atoms with Gasteiger partial charge in [0.1, 0.15) is 5.69 Å². The van der Waals surface area contributed by atoms with Gasteiger partial charge in [0.15, 0.2) is 0 Å². The molecule has 1 heterocycles. The summed E-state index contributed by atoms with van der Waals surface area (Å²) in [4.78, 5) is 24.9. The van der Waals surface area contributed by atoms with Crippen molar-refractivity contribution in [2.24, 2.45) is 0 Å². The highest BCUT2D eigenvalue weighted by molar-refractivity contribution is 6.03. The number of rotatable bonds is 5. The Morgan fingerprint density at radius 2 is 1.78 bits per heavy atom. The molecule has 0 fully saturated rings. The van der Waals surface area contributed by atoms with Crippen LogP contribution >= 0.6 is 0 Å². The predicted octanol–water partition coefficient (Wildman–Crippen LogP) is 3.98. The van der Waals surface area contributed by atoms with Crippen LogP contribution in [0.25, 0.3) is 0 Å². The minimum Gasteiger partial charge on any atom is -0.320 e. The third-order valence-electron chi connectivity index (χ3n) is 4.44. The van der Waals surface area contributed by atoms with E-state index in [1.807, 2.05) is 55.5 Å². The molecule has 1 amide bonds. The molecule has 5 nitrogen and oxygen atoms in total. The zero-order valence-corrected chi connectivity index (χ0v) is 15.8. The lowest BCUT2D eigenvalue weighted by atomic mass is 9.98. The topological polar surface area (TPSA) is 64.0 Å². The van der Waals surface area contributed by atoms with Crippen molar-refractivity contribution in [1.29, 1.82) is 0 Å². The van der Waals surface area contributed by atoms with E-state index in [1.165, 1.54) is 16.8 Å². The largest absolute Gasteiger partial charge is 0.320 e. The number of aryl methyl sites for hydroxylation is 1. The molecule has 5 heteroatoms. The Balaban J connectivity index is 1.88. The van der Waals surface area contributed by atoms with Gasteiger partial charge in [0.05, 0.1) is 6.54 Å². The maximum atomic E-state index is 12.8. The van der Waals surface area contributed by atoms with E-state index in [4.69, 9.17) is 0 Å². The van der Waals surface area contributed by atoms with Gasteiger partial charge < -0.3 is 5.32 Å². The zero-order chi connectivity index (χ0) is 19.4. The first-order valence-electron chi connectivity index (χ1n) is 8.98. The Labute approximate surface area is 158 Å². The van der Waals surface area contributed by atoms with Crippen molar-refractivity contribution in [3.63, 3.8) is 0 Å². The van der Waals surface area contributed by atoms with Gasteiger partial charge in [-0.1, -0.05) is 62.4 Å². The summed E-state index contributed by atoms with van der Waals surface area (Å²) in [6, 6.07) is 18.4. The monoisotopic (exact) mass is 361 g/mol. The van der Waals surface area contributed by atoms with E-state index in [9.17, 15) is 9.59 Å². The molecule has 27 heavy (non-hydrogen) atoms. The first-order valence-corrected chi connectivity index (χ1v) is 8.98. The quantitative estimate of drug-likeness (QED) is 0.748. The maximum absolute atomic E-state index is 12.8. The van der Waals surface area contributed by atoms with Crippen LogP contribution in [0.15, 0.2) is 65.5 Å². The van der Waals surface area contributed by atoms with Crippen LogP contribution in [0.4, 0.5) is 5.69 Å². The molecule has 2 aromatic carbocycles. The van der Waals surface area contributed by atoms with Crippen molar-refractivity contribution in [2.45, 2.75) is 33.2 Å². The number of nitrogens with zero attached hydrogens (tertiary/aromatic N) is 2. The van der Waals surface area contributed by atoms with E-state index in [0.717, 1.165) is 22.4 Å². The lowest BCUT2D eigenvalue weighted by Gasteiger charge is -2.16. The summed E-state index contributed by atoms with van der Waals surface area (Å²) in [6.45, 7) is 6.46. The van der Waals surface area contributed by atoms with Crippen LogP contribution in [0.1, 0.15) is 46.9 Å². The Morgan fingerprint density at radius 1 is 1.04 bits per heavy atom. The average Bonchev–Trinajstić information content (AvgIpc) is 2.65. The summed E-state index contributed by atoms with van der Waals surface area (Å²) in [5.74, 6) is -0.0480. The van der Waals surface area contributed by atoms with Crippen molar-refractivity contribution < 1.29 is 4.79 Å². The minimum atomic E-state index is -0.326. The summed E-state index contributed by atoms with van der Waals surface area (Å²) in [6.07, 6.45) is 0. The van der Waals surface area contributed by atoms with E-state index in [1.54, 1.807) is 0 Å². The molecule has 3 aromatic rings. The van der Waals surface area contributed by atoms with Gasteiger partial charge in [0.2, 0.25) is 0 Å². The molecular formula is C22H23N3O2. The van der Waals surface area contributed by atoms with E-state index in [2.05, 4.69) is 24.3 Å². The summed E-state index contributed by atoms with van der Waals surface area (Å²) >= 11 is 0. The van der Waals surface area contributed by atoms with Crippen LogP contribution in [-0.4, -0.2) is 15.7 Å². The van der Waals surface area contributed by atoms with E-state index in [0.29, 0.717) is 6.54 Å². The Kier molecular flexibility index (Phi) is 5.50. The molecule has 138 valence electrons. The summed E-state index contributed by atoms with van der Waals surface area (Å²) < 4.78 is 1.31. The van der Waals surface area contributed by atoms with Crippen LogP contribution in [-0.2, 0) is 6.54 Å². The number of benzene rings is 2. The number of nitrogens with one attached hydrogen (secondary N) is 1. The van der Waals surface area contributed by atoms with E-state index >= 15 is 0 Å². The number of para-hydroxylation sites is 1. The van der Waals surface area contributed by atoms with Crippen LogP contribution in [0.2, 0.25) is 0 Å². The van der Waals surface area contributed by atoms with Gasteiger partial charge in [0, 0.05) is 11.8 Å². The highest BCUT2D eigenvalue weighted by atomic mass is 16.2. The molecule has 0 radical (unpaired) electrons. The molecule has 0 aliphatic rings. The zero-order valence-electron chi connectivity index (χ0n) is 15.8. The number of anilines is 1. The molecule has 0 saturated heterocycles. The maximum Gasteiger partial charge on any atom is 0.276 e. The standard InChI is InChI=1S/C22H23N3O2/c1-15(2)18-11-7-8-16(3)21(18)23-22(27)19-12-13-20(26)25(24-19)14-17-9-5-4-6-10-17/h4-13,15H,14H2,1-3H3,(H,23,27). The SMILES string of the molecule is Cc1cccc(C(C)C)c1NC(=O)c1ccc(=O)n(Cc2ccccc2)n1. The van der Waals surface area contributed by atoms with Crippen LogP contribution < -0.4 is 10.9 Å². The number of aromatic nitrogens is 2. The Bertz CT molecular complexity index is 1010. The van der Waals surface area contributed by atoms with Gasteiger partial charge in [-0.3, -0.25) is 9.59 Å². The second-order valence-electron chi connectivity index (χ2n) is 6.85. The molecular weight excluding hydrogens is 338 g/mol. The molecule has 0 spiro atoms. The summed E-state index contributed by atoms with van der Waals surface area (Å²) in [5.41, 5.74) is 3.79. The third kappa shape index (κ3) is 4.31. The number of carbonyl (C=O) groups excluding carboxylic acids is 1. The molecule has 1 aromatic heterocycles. The van der Waals surface area contributed by atoms with E-state index < -0.39 is 0 Å². The van der Waals surface area contributed by atoms with Crippen molar-refractivity contribution in [2.75, 3.05) is 5.32 Å². The number of amides is 1. The van der Waals surface area contributed by atoms with Gasteiger partial charge in [-0.15, -0.1) is 0 Å². The molecule has 0 bridgehead atoms. The molecule has 0 aliphatic carbocycles. The van der Waals surface area contributed by atoms with Gasteiger partial charge >= 0.3 is 0 Å². The van der Waals surface area contributed by atoms with Gasteiger partial charge in [-0.2, -0.15) is 5.10 Å². The fraction of sp³-hybridized carbons (Fsp3) is 0.227. The van der Waals surface area contributed by atoms with E-state index in [-0.39, 0.29) is 23.1 Å². The Hall–Kier alpha value is -3.21. The predicted molar refractivity (Wildman–Crippen MR) is 107 cm³/mol. The summed E-state index contributed by atoms with van der Waals surface area (Å²) in [5, 5.41) is 7.23. The summed E-state index contributed by atoms with van der Waals surface area (Å²) in [7, 11) is 0. The molecule has 0 atom stereocenters. The third-order valence-corrected chi connectivity index (χ3v) is 4.44. The van der Waals surface area contributed by atoms with Crippen molar-refractivity contribution in [3.05, 3.63) is 93.4 Å². The smallest absolute Gasteiger partial charge is 0.276 e. The molecule has 1 N–H and O–H groups in total. The normalized spacial score (nSPS) is 10.8. The van der Waals surface area contributed by atoms with Gasteiger partial charge in [-0.25, -0.2) is 4.68 Å². The van der Waals surface area contributed by atoms with Crippen LogP contribution in [0, 0.1) is 6.92 Å². The first kappa shape index (κ1) is 18.6. The minimum absolute atomic E-state index is 0.212. The number of hydrogen-bond acceptors (Lipinski definition) is 3. The number of carbonyl (C=O) groups is 1. The second kappa shape index (κ2) is 7.99. The molecule has 3 rings (SSSR count). The molecule has 0 saturated carbocycles. The van der Waals surface area contributed by atoms with Crippen molar-refractivity contribution in [1.82, 2.24) is 9.78 Å². The first-order chi connectivity index (χ1) is 13.0. The van der Waals surface area contributed by atoms with Gasteiger partial charge in [0.25, 0.3) is 11.5 Å². The highest BCUT2D eigenvalue weighted by Gasteiger charge is 2.15. The second-order valence-corrected chi connectivity index (χ2v) is 6.85. The lowest BCUT2D eigenvalue weighted by molar-refractivity contribution is 0.101. The average molecular weight is 361 g/mol. The fourth-order valence-corrected chi connectivity index (χ4v) is 2.96. The van der Waals surface area contributed by atoms with Crippen LogP contribution in [0.3, 0.4) is 0 Å². The van der Waals surface area contributed by atoms with Gasteiger partial charge in [-0.05, 0) is 35.6 Å². The van der Waals surface area contributed by atoms with Crippen molar-refractivity contribution in [3.8, 4) is 0 Å². The highest BCUT2D eigenvalue weighted by Crippen LogP contribution is 2.27. The molecule has 0 unspecified atom stereocenters. The van der Waals surface area contributed by atoms with Crippen LogP contribution in [0.5, 0.6) is 0 Å².